The summed E-state index contributed by atoms with van der Waals surface area (Å²) in [6.45, 7) is 17.2. The number of rotatable bonds is 4. The first kappa shape index (κ1) is 18.9. The second kappa shape index (κ2) is 6.94. The lowest BCUT2D eigenvalue weighted by atomic mass is 9.81. The van der Waals surface area contributed by atoms with Gasteiger partial charge in [0.2, 0.25) is 0 Å². The number of nitrogens with zero attached hydrogens (tertiary/aromatic N) is 1. The van der Waals surface area contributed by atoms with Crippen LogP contribution in [0.5, 0.6) is 0 Å². The summed E-state index contributed by atoms with van der Waals surface area (Å²) in [5.41, 5.74) is 1.62. The number of halogens is 1. The molecule has 0 bridgehead atoms. The Balaban J connectivity index is 3.71. The Morgan fingerprint density at radius 1 is 1.23 bits per heavy atom. The third-order valence-electron chi connectivity index (χ3n) is 4.01. The van der Waals surface area contributed by atoms with Crippen molar-refractivity contribution in [3.8, 4) is 0 Å². The summed E-state index contributed by atoms with van der Waals surface area (Å²) in [4.78, 5) is 14.7. The number of hydrogen-bond acceptors (Lipinski definition) is 1. The minimum atomic E-state index is -0.919. The predicted molar refractivity (Wildman–Crippen MR) is 94.2 cm³/mol. The molecule has 0 aliphatic heterocycles. The highest BCUT2D eigenvalue weighted by Gasteiger charge is 2.31. The van der Waals surface area contributed by atoms with Crippen LogP contribution in [0.2, 0.25) is 13.1 Å². The average Bonchev–Trinajstić information content (AvgIpc) is 2.39. The van der Waals surface area contributed by atoms with Gasteiger partial charge in [-0.05, 0) is 36.9 Å². The average molecular weight is 323 g/mol. The third-order valence-corrected chi connectivity index (χ3v) is 5.46. The summed E-state index contributed by atoms with van der Waals surface area (Å²) >= 11 is 0. The molecule has 1 amide bonds. The molecule has 123 valence electrons. The minimum absolute atomic E-state index is 0.0566. The Hall–Kier alpha value is -1.16. The summed E-state index contributed by atoms with van der Waals surface area (Å²) in [7, 11) is -0.919. The van der Waals surface area contributed by atoms with E-state index in [0.29, 0.717) is 24.2 Å². The van der Waals surface area contributed by atoms with Gasteiger partial charge in [0.05, 0.1) is 8.80 Å². The van der Waals surface area contributed by atoms with Crippen LogP contribution in [0.15, 0.2) is 6.07 Å². The summed E-state index contributed by atoms with van der Waals surface area (Å²) in [6, 6.07) is 1.88. The topological polar surface area (TPSA) is 20.3 Å². The first-order valence-electron chi connectivity index (χ1n) is 7.99. The molecule has 0 aromatic heterocycles. The molecule has 0 unspecified atom stereocenters. The van der Waals surface area contributed by atoms with Gasteiger partial charge in [-0.25, -0.2) is 4.39 Å². The maximum Gasteiger partial charge on any atom is 0.254 e. The SMILES string of the molecule is CCN(CC)C(=O)c1c(C)cc([Si](C)C)c(F)c1C(C)(C)C. The molecule has 1 aromatic rings. The number of carbonyl (C=O) groups excluding carboxylic acids is 1. The molecular weight excluding hydrogens is 293 g/mol. The van der Waals surface area contributed by atoms with E-state index in [1.807, 2.05) is 47.6 Å². The molecule has 0 fully saturated rings. The highest BCUT2D eigenvalue weighted by Crippen LogP contribution is 2.31. The first-order chi connectivity index (χ1) is 10.1. The normalized spacial score (nSPS) is 11.9. The van der Waals surface area contributed by atoms with Crippen molar-refractivity contribution in [2.45, 2.75) is 60.1 Å². The Morgan fingerprint density at radius 2 is 1.73 bits per heavy atom. The number of benzene rings is 1. The third kappa shape index (κ3) is 3.59. The van der Waals surface area contributed by atoms with Crippen molar-refractivity contribution in [1.82, 2.24) is 4.90 Å². The fourth-order valence-electron chi connectivity index (χ4n) is 2.81. The zero-order chi connectivity index (χ0) is 17.2. The molecule has 0 saturated heterocycles. The summed E-state index contributed by atoms with van der Waals surface area (Å²) in [5, 5.41) is 0.795. The molecule has 0 aliphatic rings. The standard InChI is InChI=1S/C18H29FNOSi/c1-9-20(10-2)17(21)14-12(3)11-13(22(7)8)16(19)15(14)18(4,5)6/h11H,9-10H2,1-8H3. The maximum atomic E-state index is 15.1. The molecule has 2 nitrogen and oxygen atoms in total. The Kier molecular flexibility index (Phi) is 5.96. The van der Waals surface area contributed by atoms with Crippen LogP contribution in [-0.2, 0) is 5.41 Å². The molecule has 22 heavy (non-hydrogen) atoms. The highest BCUT2D eigenvalue weighted by atomic mass is 28.3. The van der Waals surface area contributed by atoms with Crippen molar-refractivity contribution in [2.24, 2.45) is 0 Å². The Bertz CT molecular complexity index is 557. The molecule has 1 aromatic carbocycles. The lowest BCUT2D eigenvalue weighted by Gasteiger charge is -2.29. The van der Waals surface area contributed by atoms with Gasteiger partial charge in [0, 0.05) is 24.2 Å². The van der Waals surface area contributed by atoms with E-state index in [0.717, 1.165) is 10.8 Å². The van der Waals surface area contributed by atoms with E-state index in [-0.39, 0.29) is 11.7 Å². The molecule has 0 atom stereocenters. The highest BCUT2D eigenvalue weighted by molar-refractivity contribution is 6.70. The van der Waals surface area contributed by atoms with E-state index in [4.69, 9.17) is 0 Å². The van der Waals surface area contributed by atoms with Crippen molar-refractivity contribution in [3.63, 3.8) is 0 Å². The van der Waals surface area contributed by atoms with Gasteiger partial charge in [-0.2, -0.15) is 0 Å². The molecular formula is C18H29FNOSi. The van der Waals surface area contributed by atoms with Crippen molar-refractivity contribution in [3.05, 3.63) is 28.6 Å². The van der Waals surface area contributed by atoms with Crippen LogP contribution in [0.4, 0.5) is 4.39 Å². The summed E-state index contributed by atoms with van der Waals surface area (Å²) < 4.78 is 15.1. The first-order valence-corrected chi connectivity index (χ1v) is 10.5. The van der Waals surface area contributed by atoms with Crippen LogP contribution in [0.3, 0.4) is 0 Å². The fraction of sp³-hybridized carbons (Fsp3) is 0.611. The van der Waals surface area contributed by atoms with Crippen LogP contribution < -0.4 is 5.19 Å². The van der Waals surface area contributed by atoms with Crippen LogP contribution in [-0.4, -0.2) is 32.7 Å². The van der Waals surface area contributed by atoms with Gasteiger partial charge in [-0.15, -0.1) is 0 Å². The Labute approximate surface area is 136 Å². The molecule has 0 N–H and O–H groups in total. The zero-order valence-electron chi connectivity index (χ0n) is 15.2. The number of aryl methyl sites for hydroxylation is 1. The summed E-state index contributed by atoms with van der Waals surface area (Å²) in [5.74, 6) is -0.230. The second-order valence-corrected chi connectivity index (χ2v) is 9.57. The molecule has 1 radical (unpaired) electrons. The van der Waals surface area contributed by atoms with E-state index < -0.39 is 14.2 Å². The lowest BCUT2D eigenvalue weighted by molar-refractivity contribution is 0.0769. The van der Waals surface area contributed by atoms with Crippen LogP contribution in [0, 0.1) is 12.7 Å². The van der Waals surface area contributed by atoms with Crippen LogP contribution in [0.1, 0.15) is 56.1 Å². The van der Waals surface area contributed by atoms with Gasteiger partial charge in [0.25, 0.3) is 5.91 Å². The van der Waals surface area contributed by atoms with E-state index >= 15 is 4.39 Å². The fourth-order valence-corrected chi connectivity index (χ4v) is 3.88. The Morgan fingerprint density at radius 3 is 2.09 bits per heavy atom. The van der Waals surface area contributed by atoms with Crippen LogP contribution >= 0.6 is 0 Å². The van der Waals surface area contributed by atoms with Crippen molar-refractivity contribution < 1.29 is 9.18 Å². The molecule has 1 rings (SSSR count). The quantitative estimate of drug-likeness (QED) is 0.771. The van der Waals surface area contributed by atoms with Crippen LogP contribution in [0.25, 0.3) is 0 Å². The van der Waals surface area contributed by atoms with Crippen molar-refractivity contribution >= 4 is 19.9 Å². The largest absolute Gasteiger partial charge is 0.339 e. The smallest absolute Gasteiger partial charge is 0.254 e. The predicted octanol–water partition coefficient (Wildman–Crippen LogP) is 3.88. The van der Waals surface area contributed by atoms with Gasteiger partial charge in [-0.1, -0.05) is 39.9 Å². The number of carbonyl (C=O) groups is 1. The molecule has 0 heterocycles. The van der Waals surface area contributed by atoms with Crippen molar-refractivity contribution in [2.75, 3.05) is 13.1 Å². The minimum Gasteiger partial charge on any atom is -0.339 e. The number of hydrogen-bond donors (Lipinski definition) is 0. The summed E-state index contributed by atoms with van der Waals surface area (Å²) in [6.07, 6.45) is 0. The molecule has 0 saturated carbocycles. The van der Waals surface area contributed by atoms with Crippen molar-refractivity contribution in [1.29, 1.82) is 0 Å². The van der Waals surface area contributed by atoms with E-state index in [2.05, 4.69) is 13.1 Å². The van der Waals surface area contributed by atoms with Gasteiger partial charge in [0.15, 0.2) is 0 Å². The zero-order valence-corrected chi connectivity index (χ0v) is 16.2. The number of amides is 1. The van der Waals surface area contributed by atoms with Gasteiger partial charge in [0.1, 0.15) is 5.82 Å². The van der Waals surface area contributed by atoms with E-state index in [1.165, 1.54) is 0 Å². The molecule has 0 spiro atoms. The van der Waals surface area contributed by atoms with E-state index in [9.17, 15) is 4.79 Å². The molecule has 4 heteroatoms. The monoisotopic (exact) mass is 322 g/mol. The van der Waals surface area contributed by atoms with Gasteiger partial charge < -0.3 is 4.90 Å². The second-order valence-electron chi connectivity index (χ2n) is 7.03. The molecule has 0 aliphatic carbocycles. The maximum absolute atomic E-state index is 15.1. The van der Waals surface area contributed by atoms with E-state index in [1.54, 1.807) is 4.90 Å². The van der Waals surface area contributed by atoms with Gasteiger partial charge in [-0.3, -0.25) is 4.79 Å². The van der Waals surface area contributed by atoms with Gasteiger partial charge >= 0.3 is 0 Å². The lowest BCUT2D eigenvalue weighted by Crippen LogP contribution is -2.37.